The van der Waals surface area contributed by atoms with Crippen molar-refractivity contribution in [3.63, 3.8) is 0 Å². The van der Waals surface area contributed by atoms with Gasteiger partial charge in [0.1, 0.15) is 12.7 Å². The molecule has 20 heavy (non-hydrogen) atoms. The molecule has 2 unspecified atom stereocenters. The molecule has 1 aromatic carbocycles. The Balaban J connectivity index is 2.07. The number of carbonyl (C=O) groups excluding carboxylic acids is 2. The predicted octanol–water partition coefficient (Wildman–Crippen LogP) is 0.705. The molecule has 108 valence electrons. The molecule has 1 aliphatic rings. The third-order valence-corrected chi connectivity index (χ3v) is 3.10. The Morgan fingerprint density at radius 3 is 2.90 bits per heavy atom. The average Bonchev–Trinajstić information content (AvgIpc) is 2.79. The number of fused-ring (bicyclic) bond motifs is 1. The Morgan fingerprint density at radius 2 is 2.20 bits per heavy atom. The van der Waals surface area contributed by atoms with Crippen molar-refractivity contribution < 1.29 is 29.3 Å². The van der Waals surface area contributed by atoms with Gasteiger partial charge in [-0.15, -0.1) is 0 Å². The fraction of sp³-hybridized carbons (Fsp3) is 0.429. The van der Waals surface area contributed by atoms with Gasteiger partial charge in [0, 0.05) is 5.56 Å². The minimum atomic E-state index is -1.26. The summed E-state index contributed by atoms with van der Waals surface area (Å²) in [5.41, 5.74) is 1.55. The van der Waals surface area contributed by atoms with E-state index in [0.29, 0.717) is 16.7 Å². The highest BCUT2D eigenvalue weighted by molar-refractivity contribution is 5.93. The predicted molar refractivity (Wildman–Crippen MR) is 67.8 cm³/mol. The van der Waals surface area contributed by atoms with Crippen LogP contribution in [0.2, 0.25) is 0 Å². The number of aliphatic hydroxyl groups is 2. The summed E-state index contributed by atoms with van der Waals surface area (Å²) in [5, 5.41) is 19.8. The van der Waals surface area contributed by atoms with Gasteiger partial charge >= 0.3 is 11.9 Å². The quantitative estimate of drug-likeness (QED) is 0.771. The van der Waals surface area contributed by atoms with Gasteiger partial charge in [0.2, 0.25) is 0 Å². The summed E-state index contributed by atoms with van der Waals surface area (Å²) in [5.74, 6) is -0.966. The second kappa shape index (κ2) is 6.02. The number of esters is 2. The van der Waals surface area contributed by atoms with E-state index in [1.807, 2.05) is 0 Å². The summed E-state index contributed by atoms with van der Waals surface area (Å²) < 4.78 is 9.57. The molecule has 0 fully saturated rings. The lowest BCUT2D eigenvalue weighted by molar-refractivity contribution is -0.147. The van der Waals surface area contributed by atoms with Crippen molar-refractivity contribution in [1.82, 2.24) is 0 Å². The normalized spacial score (nSPS) is 16.2. The summed E-state index contributed by atoms with van der Waals surface area (Å²) in [7, 11) is 0. The van der Waals surface area contributed by atoms with Crippen LogP contribution in [-0.2, 0) is 20.9 Å². The number of benzene rings is 1. The van der Waals surface area contributed by atoms with E-state index in [4.69, 9.17) is 9.47 Å². The highest BCUT2D eigenvalue weighted by Gasteiger charge is 2.26. The number of aliphatic hydroxyl groups excluding tert-OH is 2. The first-order chi connectivity index (χ1) is 9.52. The minimum absolute atomic E-state index is 0.155. The van der Waals surface area contributed by atoms with Gasteiger partial charge < -0.3 is 19.7 Å². The molecule has 1 aromatic rings. The summed E-state index contributed by atoms with van der Waals surface area (Å²) in [4.78, 5) is 22.6. The van der Waals surface area contributed by atoms with E-state index in [-0.39, 0.29) is 19.6 Å². The number of hydrogen-bond acceptors (Lipinski definition) is 6. The molecule has 2 atom stereocenters. The first kappa shape index (κ1) is 14.5. The molecule has 0 aliphatic carbocycles. The maximum atomic E-state index is 11.3. The van der Waals surface area contributed by atoms with Crippen molar-refractivity contribution in [2.45, 2.75) is 32.2 Å². The molecular weight excluding hydrogens is 264 g/mol. The molecule has 1 heterocycles. The van der Waals surface area contributed by atoms with Crippen LogP contribution in [0.15, 0.2) is 18.2 Å². The lowest BCUT2D eigenvalue weighted by atomic mass is 9.98. The van der Waals surface area contributed by atoms with Gasteiger partial charge in [-0.2, -0.15) is 0 Å². The maximum Gasteiger partial charge on any atom is 0.338 e. The lowest BCUT2D eigenvalue weighted by Gasteiger charge is -2.17. The van der Waals surface area contributed by atoms with Crippen LogP contribution >= 0.6 is 0 Å². The van der Waals surface area contributed by atoms with E-state index in [1.54, 1.807) is 19.1 Å². The molecule has 6 heteroatoms. The van der Waals surface area contributed by atoms with Gasteiger partial charge in [0.15, 0.2) is 0 Å². The summed E-state index contributed by atoms with van der Waals surface area (Å²) in [6, 6.07) is 4.67. The zero-order valence-corrected chi connectivity index (χ0v) is 11.0. The third-order valence-electron chi connectivity index (χ3n) is 3.10. The van der Waals surface area contributed by atoms with Crippen LogP contribution in [0.4, 0.5) is 0 Å². The van der Waals surface area contributed by atoms with Crippen LogP contribution in [0.3, 0.4) is 0 Å². The third kappa shape index (κ3) is 2.97. The van der Waals surface area contributed by atoms with Crippen molar-refractivity contribution >= 4 is 11.9 Å². The van der Waals surface area contributed by atoms with Crippen LogP contribution in [0, 0.1) is 0 Å². The zero-order chi connectivity index (χ0) is 14.7. The molecule has 1 aliphatic heterocycles. The number of hydrogen-bond donors (Lipinski definition) is 2. The van der Waals surface area contributed by atoms with E-state index in [2.05, 4.69) is 0 Å². The standard InChI is InChI=1S/C14H16O6/c1-2-19-12(16)6-11(15)13(17)8-3-4-10-9(5-8)7-20-14(10)18/h3-5,11,13,15,17H,2,6-7H2,1H3. The van der Waals surface area contributed by atoms with Crippen molar-refractivity contribution in [2.75, 3.05) is 6.61 Å². The number of rotatable bonds is 5. The summed E-state index contributed by atoms with van der Waals surface area (Å²) >= 11 is 0. The molecule has 0 bridgehead atoms. The molecule has 0 saturated carbocycles. The Morgan fingerprint density at radius 1 is 1.45 bits per heavy atom. The molecule has 0 aromatic heterocycles. The number of cyclic esters (lactones) is 1. The van der Waals surface area contributed by atoms with Crippen LogP contribution in [0.1, 0.15) is 40.9 Å². The van der Waals surface area contributed by atoms with Gasteiger partial charge in [-0.05, 0) is 24.6 Å². The minimum Gasteiger partial charge on any atom is -0.466 e. The van der Waals surface area contributed by atoms with Gasteiger partial charge in [-0.25, -0.2) is 4.79 Å². The smallest absolute Gasteiger partial charge is 0.338 e. The van der Waals surface area contributed by atoms with E-state index < -0.39 is 24.1 Å². The van der Waals surface area contributed by atoms with Gasteiger partial charge in [-0.1, -0.05) is 6.07 Å². The van der Waals surface area contributed by atoms with Crippen molar-refractivity contribution in [3.05, 3.63) is 34.9 Å². The molecule has 6 nitrogen and oxygen atoms in total. The number of carbonyl (C=O) groups is 2. The number of ether oxygens (including phenoxy) is 2. The van der Waals surface area contributed by atoms with Crippen LogP contribution in [-0.4, -0.2) is 34.9 Å². The molecule has 2 N–H and O–H groups in total. The second-order valence-electron chi connectivity index (χ2n) is 4.51. The van der Waals surface area contributed by atoms with Crippen LogP contribution < -0.4 is 0 Å². The van der Waals surface area contributed by atoms with Crippen LogP contribution in [0.25, 0.3) is 0 Å². The Hall–Kier alpha value is -1.92. The van der Waals surface area contributed by atoms with E-state index in [0.717, 1.165) is 0 Å². The highest BCUT2D eigenvalue weighted by atomic mass is 16.5. The zero-order valence-electron chi connectivity index (χ0n) is 11.0. The SMILES string of the molecule is CCOC(=O)CC(O)C(O)c1ccc2c(c1)COC2=O. The fourth-order valence-electron chi connectivity index (χ4n) is 2.06. The van der Waals surface area contributed by atoms with Crippen LogP contribution in [0.5, 0.6) is 0 Å². The fourth-order valence-corrected chi connectivity index (χ4v) is 2.06. The Bertz CT molecular complexity index is 524. The van der Waals surface area contributed by atoms with E-state index in [9.17, 15) is 19.8 Å². The topological polar surface area (TPSA) is 93.1 Å². The van der Waals surface area contributed by atoms with Crippen molar-refractivity contribution in [2.24, 2.45) is 0 Å². The molecule has 0 saturated heterocycles. The maximum absolute atomic E-state index is 11.3. The summed E-state index contributed by atoms with van der Waals surface area (Å²) in [6.45, 7) is 2.04. The first-order valence-electron chi connectivity index (χ1n) is 6.34. The van der Waals surface area contributed by atoms with Gasteiger partial charge in [0.05, 0.1) is 24.7 Å². The molecule has 0 amide bonds. The average molecular weight is 280 g/mol. The van der Waals surface area contributed by atoms with Crippen molar-refractivity contribution in [1.29, 1.82) is 0 Å². The molecular formula is C14H16O6. The highest BCUT2D eigenvalue weighted by Crippen LogP contribution is 2.26. The molecule has 2 rings (SSSR count). The monoisotopic (exact) mass is 280 g/mol. The van der Waals surface area contributed by atoms with E-state index in [1.165, 1.54) is 6.07 Å². The van der Waals surface area contributed by atoms with Crippen molar-refractivity contribution in [3.8, 4) is 0 Å². The largest absolute Gasteiger partial charge is 0.466 e. The summed E-state index contributed by atoms with van der Waals surface area (Å²) in [6.07, 6.45) is -2.77. The second-order valence-corrected chi connectivity index (χ2v) is 4.51. The lowest BCUT2D eigenvalue weighted by Crippen LogP contribution is -2.23. The molecule has 0 radical (unpaired) electrons. The Labute approximate surface area is 115 Å². The van der Waals surface area contributed by atoms with Gasteiger partial charge in [-0.3, -0.25) is 4.79 Å². The molecule has 0 spiro atoms. The first-order valence-corrected chi connectivity index (χ1v) is 6.34. The Kier molecular flexibility index (Phi) is 4.36. The van der Waals surface area contributed by atoms with Gasteiger partial charge in [0.25, 0.3) is 0 Å². The van der Waals surface area contributed by atoms with E-state index >= 15 is 0 Å².